The highest BCUT2D eigenvalue weighted by Crippen LogP contribution is 2.30. The number of hydrogen-bond donors (Lipinski definition) is 3. The van der Waals surface area contributed by atoms with Crippen molar-refractivity contribution in [2.45, 2.75) is 72.6 Å². The summed E-state index contributed by atoms with van der Waals surface area (Å²) in [6.45, 7) is 11.8. The molecule has 2 unspecified atom stereocenters. The first-order valence-corrected chi connectivity index (χ1v) is 12.5. The predicted octanol–water partition coefficient (Wildman–Crippen LogP) is 3.72. The van der Waals surface area contributed by atoms with Crippen LogP contribution < -0.4 is 16.4 Å². The normalized spacial score (nSPS) is 12.5. The predicted molar refractivity (Wildman–Crippen MR) is 147 cm³/mol. The van der Waals surface area contributed by atoms with Crippen molar-refractivity contribution >= 4 is 29.5 Å². The Bertz CT molecular complexity index is 1270. The number of para-hydroxylation sites is 1. The van der Waals surface area contributed by atoms with Crippen LogP contribution in [0.4, 0.5) is 10.5 Å². The lowest BCUT2D eigenvalue weighted by molar-refractivity contribution is -0.141. The molecule has 0 saturated heterocycles. The van der Waals surface area contributed by atoms with Crippen molar-refractivity contribution in [3.63, 3.8) is 0 Å². The van der Waals surface area contributed by atoms with Crippen LogP contribution in [0.2, 0.25) is 0 Å². The lowest BCUT2D eigenvalue weighted by Gasteiger charge is -2.33. The average molecular weight is 536 g/mol. The van der Waals surface area contributed by atoms with Crippen molar-refractivity contribution in [1.82, 2.24) is 10.2 Å². The van der Waals surface area contributed by atoms with Gasteiger partial charge in [-0.25, -0.2) is 4.79 Å². The fraction of sp³-hybridized carbons (Fsp3) is 0.414. The van der Waals surface area contributed by atoms with Gasteiger partial charge in [-0.3, -0.25) is 14.4 Å². The zero-order chi connectivity index (χ0) is 29.5. The molecule has 4 N–H and O–H groups in total. The molecule has 10 nitrogen and oxygen atoms in total. The molecule has 2 rings (SSSR count). The highest BCUT2D eigenvalue weighted by Gasteiger charge is 2.38. The molecule has 0 saturated carbocycles. The molecule has 0 radical (unpaired) electrons. The number of nitriles is 1. The molecule has 0 aliphatic carbocycles. The number of alkyl carbamates (subject to hydrolysis) is 1. The van der Waals surface area contributed by atoms with E-state index in [-0.39, 0.29) is 0 Å². The van der Waals surface area contributed by atoms with Crippen molar-refractivity contribution in [1.29, 1.82) is 5.26 Å². The van der Waals surface area contributed by atoms with Gasteiger partial charge in [-0.05, 0) is 76.3 Å². The minimum Gasteiger partial charge on any atom is -0.444 e. The van der Waals surface area contributed by atoms with E-state index in [4.69, 9.17) is 10.5 Å². The van der Waals surface area contributed by atoms with Gasteiger partial charge in [0.15, 0.2) is 0 Å². The molecule has 0 aliphatic rings. The van der Waals surface area contributed by atoms with E-state index in [0.717, 1.165) is 27.2 Å². The number of benzene rings is 2. The molecule has 0 fully saturated rings. The van der Waals surface area contributed by atoms with Crippen LogP contribution in [0.15, 0.2) is 36.4 Å². The van der Waals surface area contributed by atoms with Crippen molar-refractivity contribution in [3.8, 4) is 6.07 Å². The van der Waals surface area contributed by atoms with Crippen molar-refractivity contribution in [2.75, 3.05) is 11.9 Å². The molecule has 0 bridgehead atoms. The Hall–Kier alpha value is -4.39. The number of nitrogens with one attached hydrogen (secondary N) is 2. The number of aryl methyl sites for hydroxylation is 3. The quantitative estimate of drug-likeness (QED) is 0.416. The Balaban J connectivity index is 2.62. The summed E-state index contributed by atoms with van der Waals surface area (Å²) in [6, 6.07) is 10.1. The van der Waals surface area contributed by atoms with Gasteiger partial charge in [0.05, 0.1) is 12.5 Å². The Labute approximate surface area is 229 Å². The van der Waals surface area contributed by atoms with Crippen molar-refractivity contribution in [2.24, 2.45) is 5.73 Å². The number of primary amides is 1. The summed E-state index contributed by atoms with van der Waals surface area (Å²) in [5, 5.41) is 15.0. The van der Waals surface area contributed by atoms with E-state index in [1.165, 1.54) is 0 Å². The van der Waals surface area contributed by atoms with Gasteiger partial charge in [-0.15, -0.1) is 0 Å². The second-order valence-electron chi connectivity index (χ2n) is 10.4. The summed E-state index contributed by atoms with van der Waals surface area (Å²) >= 11 is 0. The largest absolute Gasteiger partial charge is 0.444 e. The molecular weight excluding hydrogens is 498 g/mol. The standard InChI is InChI=1S/C29H37N5O5/c1-17-10-9-13-21(20(17)4)25(26(36)33-24-18(2)11-8-12-19(24)3)34(15-14-30)27(37)22(16-23(31)35)32-28(38)39-29(5,6)7/h8-13,22,25H,15-16H2,1-7H3,(H2,31,35)(H,32,38)(H,33,36). The number of nitrogens with two attached hydrogens (primary N) is 1. The summed E-state index contributed by atoms with van der Waals surface area (Å²) in [4.78, 5) is 53.3. The number of amides is 4. The van der Waals surface area contributed by atoms with Gasteiger partial charge in [-0.1, -0.05) is 36.4 Å². The third-order valence-electron chi connectivity index (χ3n) is 6.15. The van der Waals surface area contributed by atoms with E-state index in [9.17, 15) is 24.4 Å². The van der Waals surface area contributed by atoms with Crippen LogP contribution in [0.5, 0.6) is 0 Å². The van der Waals surface area contributed by atoms with Gasteiger partial charge in [0.1, 0.15) is 24.2 Å². The van der Waals surface area contributed by atoms with Crippen LogP contribution in [0.25, 0.3) is 0 Å². The van der Waals surface area contributed by atoms with Crippen molar-refractivity contribution < 1.29 is 23.9 Å². The van der Waals surface area contributed by atoms with Crippen LogP contribution in [0.3, 0.4) is 0 Å². The van der Waals surface area contributed by atoms with Crippen LogP contribution in [-0.2, 0) is 19.1 Å². The molecule has 2 atom stereocenters. The molecule has 39 heavy (non-hydrogen) atoms. The topological polar surface area (TPSA) is 155 Å². The molecule has 0 heterocycles. The van der Waals surface area contributed by atoms with E-state index >= 15 is 0 Å². The summed E-state index contributed by atoms with van der Waals surface area (Å²) in [5.74, 6) is -2.24. The number of carbonyl (C=O) groups excluding carboxylic acids is 4. The minimum absolute atomic E-state index is 0.498. The molecule has 208 valence electrons. The first-order valence-electron chi connectivity index (χ1n) is 12.5. The minimum atomic E-state index is -1.47. The van der Waals surface area contributed by atoms with E-state index in [0.29, 0.717) is 11.3 Å². The molecule has 2 aromatic rings. The summed E-state index contributed by atoms with van der Waals surface area (Å²) < 4.78 is 5.26. The first kappa shape index (κ1) is 30.8. The summed E-state index contributed by atoms with van der Waals surface area (Å²) in [5.41, 5.74) is 8.87. The van der Waals surface area contributed by atoms with E-state index in [2.05, 4.69) is 10.6 Å². The highest BCUT2D eigenvalue weighted by atomic mass is 16.6. The van der Waals surface area contributed by atoms with Gasteiger partial charge < -0.3 is 26.0 Å². The number of carbonyl (C=O) groups is 4. The lowest BCUT2D eigenvalue weighted by Crippen LogP contribution is -2.53. The van der Waals surface area contributed by atoms with Gasteiger partial charge in [0, 0.05) is 5.69 Å². The fourth-order valence-corrected chi connectivity index (χ4v) is 4.15. The second kappa shape index (κ2) is 12.9. The Morgan fingerprint density at radius 1 is 1.00 bits per heavy atom. The maximum Gasteiger partial charge on any atom is 0.408 e. The third-order valence-corrected chi connectivity index (χ3v) is 6.15. The second-order valence-corrected chi connectivity index (χ2v) is 10.4. The van der Waals surface area contributed by atoms with E-state index < -0.39 is 54.5 Å². The highest BCUT2D eigenvalue weighted by molar-refractivity contribution is 6.00. The van der Waals surface area contributed by atoms with Gasteiger partial charge in [0.25, 0.3) is 5.91 Å². The van der Waals surface area contributed by atoms with Crippen LogP contribution in [0.1, 0.15) is 61.1 Å². The SMILES string of the molecule is Cc1cccc(C(C(=O)Nc2c(C)cccc2C)N(CC#N)C(=O)C(CC(N)=O)NC(=O)OC(C)(C)C)c1C. The zero-order valence-corrected chi connectivity index (χ0v) is 23.5. The maximum atomic E-state index is 13.9. The van der Waals surface area contributed by atoms with Gasteiger partial charge in [-0.2, -0.15) is 5.26 Å². The Morgan fingerprint density at radius 2 is 1.56 bits per heavy atom. The smallest absolute Gasteiger partial charge is 0.408 e. The number of rotatable bonds is 9. The molecule has 4 amide bonds. The van der Waals surface area contributed by atoms with Gasteiger partial charge in [0.2, 0.25) is 11.8 Å². The first-order chi connectivity index (χ1) is 18.2. The monoisotopic (exact) mass is 535 g/mol. The Morgan fingerprint density at radius 3 is 2.10 bits per heavy atom. The van der Waals surface area contributed by atoms with Crippen LogP contribution in [0, 0.1) is 39.0 Å². The molecule has 2 aromatic carbocycles. The molecule has 10 heteroatoms. The van der Waals surface area contributed by atoms with Crippen LogP contribution >= 0.6 is 0 Å². The number of ether oxygens (including phenoxy) is 1. The number of anilines is 1. The summed E-state index contributed by atoms with van der Waals surface area (Å²) in [7, 11) is 0. The third kappa shape index (κ3) is 8.30. The van der Waals surface area contributed by atoms with E-state index in [1.54, 1.807) is 32.9 Å². The van der Waals surface area contributed by atoms with Crippen molar-refractivity contribution in [3.05, 3.63) is 64.2 Å². The molecule has 0 aliphatic heterocycles. The number of hydrogen-bond acceptors (Lipinski definition) is 6. The van der Waals surface area contributed by atoms with E-state index in [1.807, 2.05) is 58.0 Å². The fourth-order valence-electron chi connectivity index (χ4n) is 4.15. The van der Waals surface area contributed by atoms with Gasteiger partial charge >= 0.3 is 6.09 Å². The molecule has 0 aromatic heterocycles. The summed E-state index contributed by atoms with van der Waals surface area (Å²) in [6.07, 6.45) is -1.50. The van der Waals surface area contributed by atoms with Crippen LogP contribution in [-0.4, -0.2) is 46.9 Å². The molecular formula is C29H37N5O5. The molecule has 0 spiro atoms. The maximum absolute atomic E-state index is 13.9. The average Bonchev–Trinajstić information content (AvgIpc) is 2.81. The number of nitrogens with zero attached hydrogens (tertiary/aromatic N) is 2. The Kier molecular flexibility index (Phi) is 10.2. The zero-order valence-electron chi connectivity index (χ0n) is 23.5. The lowest BCUT2D eigenvalue weighted by atomic mass is 9.94.